The molecule has 0 amide bonds. The monoisotopic (exact) mass is 462 g/mol. The van der Waals surface area contributed by atoms with Gasteiger partial charge in [-0.25, -0.2) is 18.4 Å². The molecule has 3 rings (SSSR count). The lowest BCUT2D eigenvalue weighted by atomic mass is 10.1. The van der Waals surface area contributed by atoms with E-state index >= 15 is 0 Å². The third-order valence-electron chi connectivity index (χ3n) is 3.27. The average Bonchev–Trinajstić information content (AvgIpc) is 2.46. The number of hydrogen-bond donors (Lipinski definition) is 2. The van der Waals surface area contributed by atoms with E-state index in [1.807, 2.05) is 22.6 Å². The predicted octanol–water partition coefficient (Wildman–Crippen LogP) is 2.61. The van der Waals surface area contributed by atoms with Crippen LogP contribution in [0.15, 0.2) is 48.3 Å². The van der Waals surface area contributed by atoms with E-state index in [4.69, 9.17) is 17.3 Å². The Kier molecular flexibility index (Phi) is 4.47. The van der Waals surface area contributed by atoms with E-state index in [0.717, 1.165) is 0 Å². The Labute approximate surface area is 152 Å². The standard InChI is InChI=1S/C14H12ClIN4O2S/c15-9-2-1-3-11-14(9)18-7-13(19-11)20-23(21,22)12-5-4-8(17)6-10(12)16/h1-7,10,12H,17H2,(H,19,20)/t10-,12?/m1/s1. The fraction of sp³-hybridized carbons (Fsp3) is 0.143. The second kappa shape index (κ2) is 6.25. The highest BCUT2D eigenvalue weighted by Crippen LogP contribution is 2.25. The summed E-state index contributed by atoms with van der Waals surface area (Å²) >= 11 is 8.07. The van der Waals surface area contributed by atoms with Crippen molar-refractivity contribution in [3.63, 3.8) is 0 Å². The largest absolute Gasteiger partial charge is 0.399 e. The van der Waals surface area contributed by atoms with Crippen molar-refractivity contribution < 1.29 is 8.42 Å². The van der Waals surface area contributed by atoms with Gasteiger partial charge < -0.3 is 5.73 Å². The van der Waals surface area contributed by atoms with Crippen LogP contribution in [0.2, 0.25) is 5.02 Å². The Morgan fingerprint density at radius 1 is 1.35 bits per heavy atom. The zero-order valence-electron chi connectivity index (χ0n) is 11.6. The van der Waals surface area contributed by atoms with E-state index in [-0.39, 0.29) is 9.74 Å². The lowest BCUT2D eigenvalue weighted by Gasteiger charge is -2.21. The first-order chi connectivity index (χ1) is 10.9. The third kappa shape index (κ3) is 3.43. The van der Waals surface area contributed by atoms with E-state index in [0.29, 0.717) is 21.8 Å². The van der Waals surface area contributed by atoms with Crippen molar-refractivity contribution in [2.45, 2.75) is 9.17 Å². The fourth-order valence-electron chi connectivity index (χ4n) is 2.19. The van der Waals surface area contributed by atoms with Crippen molar-refractivity contribution in [3.05, 3.63) is 53.3 Å². The highest BCUT2D eigenvalue weighted by Gasteiger charge is 2.31. The van der Waals surface area contributed by atoms with Gasteiger partial charge in [-0.05, 0) is 24.3 Å². The zero-order chi connectivity index (χ0) is 16.6. The van der Waals surface area contributed by atoms with Crippen LogP contribution in [0, 0.1) is 0 Å². The quantitative estimate of drug-likeness (QED) is 0.540. The lowest BCUT2D eigenvalue weighted by Crippen LogP contribution is -2.34. The molecular formula is C14H12ClIN4O2S. The first kappa shape index (κ1) is 16.5. The maximum atomic E-state index is 12.5. The number of nitrogens with zero attached hydrogens (tertiary/aromatic N) is 2. The molecule has 0 aliphatic heterocycles. The number of rotatable bonds is 3. The number of anilines is 1. The zero-order valence-corrected chi connectivity index (χ0v) is 15.4. The molecule has 0 saturated carbocycles. The molecule has 0 spiro atoms. The van der Waals surface area contributed by atoms with Crippen LogP contribution in [0.5, 0.6) is 0 Å². The van der Waals surface area contributed by atoms with Gasteiger partial charge in [-0.1, -0.05) is 46.3 Å². The van der Waals surface area contributed by atoms with Crippen LogP contribution in [0.4, 0.5) is 5.82 Å². The molecule has 1 unspecified atom stereocenters. The summed E-state index contributed by atoms with van der Waals surface area (Å²) in [7, 11) is -3.67. The molecule has 3 N–H and O–H groups in total. The molecule has 1 heterocycles. The molecule has 0 fully saturated rings. The number of aromatic nitrogens is 2. The summed E-state index contributed by atoms with van der Waals surface area (Å²) in [5.41, 5.74) is 7.28. The normalized spacial score (nSPS) is 21.2. The number of sulfonamides is 1. The fourth-order valence-corrected chi connectivity index (χ4v) is 5.46. The lowest BCUT2D eigenvalue weighted by molar-refractivity contribution is 0.594. The van der Waals surface area contributed by atoms with E-state index in [2.05, 4.69) is 14.7 Å². The molecule has 0 radical (unpaired) electrons. The molecule has 1 aliphatic carbocycles. The number of hydrogen-bond acceptors (Lipinski definition) is 5. The van der Waals surface area contributed by atoms with Gasteiger partial charge in [0.25, 0.3) is 0 Å². The first-order valence-electron chi connectivity index (χ1n) is 6.59. The van der Waals surface area contributed by atoms with Gasteiger partial charge in [0, 0.05) is 5.70 Å². The Morgan fingerprint density at radius 2 is 2.13 bits per heavy atom. The predicted molar refractivity (Wildman–Crippen MR) is 100 cm³/mol. The molecule has 23 heavy (non-hydrogen) atoms. The Hall–Kier alpha value is -1.39. The Morgan fingerprint density at radius 3 is 2.87 bits per heavy atom. The highest BCUT2D eigenvalue weighted by atomic mass is 127. The Balaban J connectivity index is 1.91. The minimum atomic E-state index is -3.67. The maximum Gasteiger partial charge on any atom is 0.241 e. The summed E-state index contributed by atoms with van der Waals surface area (Å²) < 4.78 is 27.3. The molecule has 6 nitrogen and oxygen atoms in total. The van der Waals surface area contributed by atoms with Crippen LogP contribution >= 0.6 is 34.2 Å². The summed E-state index contributed by atoms with van der Waals surface area (Å²) in [6.45, 7) is 0. The number of alkyl halides is 1. The second-order valence-electron chi connectivity index (χ2n) is 4.94. The van der Waals surface area contributed by atoms with Crippen molar-refractivity contribution in [2.24, 2.45) is 5.73 Å². The van der Waals surface area contributed by atoms with Gasteiger partial charge in [0.05, 0.1) is 20.7 Å². The van der Waals surface area contributed by atoms with E-state index < -0.39 is 15.3 Å². The van der Waals surface area contributed by atoms with Gasteiger partial charge in [0.2, 0.25) is 10.0 Å². The molecular weight excluding hydrogens is 451 g/mol. The number of benzene rings is 1. The molecule has 1 aromatic carbocycles. The van der Waals surface area contributed by atoms with E-state index in [1.165, 1.54) is 6.20 Å². The van der Waals surface area contributed by atoms with Gasteiger partial charge in [-0.3, -0.25) is 4.72 Å². The van der Waals surface area contributed by atoms with Crippen molar-refractivity contribution in [1.29, 1.82) is 0 Å². The van der Waals surface area contributed by atoms with Gasteiger partial charge in [0.15, 0.2) is 5.82 Å². The molecule has 0 bridgehead atoms. The molecule has 9 heteroatoms. The average molecular weight is 463 g/mol. The molecule has 0 saturated heterocycles. The number of fused-ring (bicyclic) bond motifs is 1. The van der Waals surface area contributed by atoms with E-state index in [9.17, 15) is 8.42 Å². The van der Waals surface area contributed by atoms with Gasteiger partial charge in [-0.2, -0.15) is 0 Å². The van der Waals surface area contributed by atoms with Crippen molar-refractivity contribution in [2.75, 3.05) is 4.72 Å². The summed E-state index contributed by atoms with van der Waals surface area (Å²) in [6.07, 6.45) is 6.21. The summed E-state index contributed by atoms with van der Waals surface area (Å²) in [5.74, 6) is 0.152. The van der Waals surface area contributed by atoms with Crippen LogP contribution in [0.25, 0.3) is 11.0 Å². The molecule has 1 aliphatic rings. The van der Waals surface area contributed by atoms with Crippen LogP contribution in [0.1, 0.15) is 0 Å². The topological polar surface area (TPSA) is 98.0 Å². The number of allylic oxidation sites excluding steroid dienone is 2. The summed E-state index contributed by atoms with van der Waals surface area (Å²) in [6, 6.07) is 5.15. The smallest absolute Gasteiger partial charge is 0.241 e. The SMILES string of the molecule is NC1=C[C@@H](I)C(S(=O)(=O)Nc2cnc3c(Cl)cccc3n2)C=C1. The minimum absolute atomic E-state index is 0.152. The van der Waals surface area contributed by atoms with Crippen LogP contribution in [0.3, 0.4) is 0 Å². The molecule has 1 aromatic heterocycles. The van der Waals surface area contributed by atoms with Crippen molar-refractivity contribution >= 4 is 61.1 Å². The van der Waals surface area contributed by atoms with Crippen LogP contribution in [-0.4, -0.2) is 27.6 Å². The number of para-hydroxylation sites is 1. The molecule has 2 aromatic rings. The third-order valence-corrected chi connectivity index (χ3v) is 6.86. The minimum Gasteiger partial charge on any atom is -0.399 e. The van der Waals surface area contributed by atoms with Crippen molar-refractivity contribution in [3.8, 4) is 0 Å². The van der Waals surface area contributed by atoms with Gasteiger partial charge >= 0.3 is 0 Å². The van der Waals surface area contributed by atoms with E-state index in [1.54, 1.807) is 36.4 Å². The number of halogens is 2. The number of nitrogens with one attached hydrogen (secondary N) is 1. The molecule has 120 valence electrons. The summed E-state index contributed by atoms with van der Waals surface area (Å²) in [4.78, 5) is 8.42. The van der Waals surface area contributed by atoms with Crippen LogP contribution < -0.4 is 10.5 Å². The Bertz CT molecular complexity index is 930. The maximum absolute atomic E-state index is 12.5. The summed E-state index contributed by atoms with van der Waals surface area (Å²) in [5, 5.41) is -0.264. The van der Waals surface area contributed by atoms with Crippen molar-refractivity contribution in [1.82, 2.24) is 9.97 Å². The first-order valence-corrected chi connectivity index (χ1v) is 9.76. The number of nitrogens with two attached hydrogens (primary N) is 1. The molecule has 2 atom stereocenters. The second-order valence-corrected chi connectivity index (χ2v) is 8.63. The van der Waals surface area contributed by atoms with Gasteiger partial charge in [0.1, 0.15) is 10.8 Å². The highest BCUT2D eigenvalue weighted by molar-refractivity contribution is 14.1. The van der Waals surface area contributed by atoms with Gasteiger partial charge in [-0.15, -0.1) is 0 Å². The van der Waals surface area contributed by atoms with Crippen LogP contribution in [-0.2, 0) is 10.0 Å².